The van der Waals surface area contributed by atoms with Gasteiger partial charge in [-0.2, -0.15) is 63.2 Å². The van der Waals surface area contributed by atoms with E-state index in [4.69, 9.17) is 0 Å². The average Bonchev–Trinajstić information content (AvgIpc) is 3.84. The summed E-state index contributed by atoms with van der Waals surface area (Å²) in [5, 5.41) is 23.5. The van der Waals surface area contributed by atoms with Gasteiger partial charge in [-0.1, -0.05) is 97.1 Å². The number of fused-ring (bicyclic) bond motifs is 6. The van der Waals surface area contributed by atoms with Crippen molar-refractivity contribution in [1.82, 2.24) is 9.13 Å². The van der Waals surface area contributed by atoms with Crippen molar-refractivity contribution in [2.45, 2.75) is 31.6 Å². The van der Waals surface area contributed by atoms with Gasteiger partial charge in [-0.25, -0.2) is 0 Å². The third kappa shape index (κ3) is 9.00. The molecule has 2 heterocycles. The number of alkyl halides is 12. The molecule has 0 aliphatic heterocycles. The smallest absolute Gasteiger partial charge is 0.308 e. The van der Waals surface area contributed by atoms with Crippen LogP contribution in [0.25, 0.3) is 88.4 Å². The van der Waals surface area contributed by atoms with Crippen LogP contribution in [0.5, 0.6) is 0 Å². The molecule has 16 heteroatoms. The number of para-hydroxylation sites is 2. The number of nitrogens with zero attached hydrogens (tertiary/aromatic N) is 4. The van der Waals surface area contributed by atoms with Gasteiger partial charge in [0.1, 0.15) is 0 Å². The molecule has 354 valence electrons. The van der Waals surface area contributed by atoms with Crippen molar-refractivity contribution in [3.63, 3.8) is 0 Å². The lowest BCUT2D eigenvalue weighted by molar-refractivity contribution is -0.143. The molecule has 0 fully saturated rings. The maximum absolute atomic E-state index is 14.6. The fourth-order valence-corrected chi connectivity index (χ4v) is 9.05. The zero-order valence-corrected chi connectivity index (χ0v) is 36.4. The SMILES string of the molecule is CC(F)(F)F.N#Cc1cccc(-c2c(-n3c4ccccc4c4ccc(-c5ccccc5C(F)(F)F)cc43)cc(C#N)cc2-n2c3ccccc3c3ccc(-c4ccc(C(F)(F)F)cc4C(F)(F)F)cc32)c1. The number of halogens is 12. The van der Waals surface area contributed by atoms with E-state index < -0.39 is 47.0 Å². The average molecular weight is 975 g/mol. The van der Waals surface area contributed by atoms with Gasteiger partial charge in [-0.3, -0.25) is 0 Å². The maximum atomic E-state index is 14.6. The van der Waals surface area contributed by atoms with Crippen molar-refractivity contribution >= 4 is 43.6 Å². The Kier molecular flexibility index (Phi) is 11.7. The van der Waals surface area contributed by atoms with E-state index in [1.165, 1.54) is 30.3 Å². The Bertz CT molecular complexity index is 3810. The van der Waals surface area contributed by atoms with Crippen LogP contribution in [0, 0.1) is 22.7 Å². The van der Waals surface area contributed by atoms with Crippen molar-refractivity contribution in [2.75, 3.05) is 0 Å². The minimum atomic E-state index is -5.16. The lowest BCUT2D eigenvalue weighted by Crippen LogP contribution is -2.12. The first-order valence-electron chi connectivity index (χ1n) is 21.2. The van der Waals surface area contributed by atoms with Crippen LogP contribution in [0.2, 0.25) is 0 Å². The summed E-state index contributed by atoms with van der Waals surface area (Å²) < 4.78 is 163. The van der Waals surface area contributed by atoms with Gasteiger partial charge < -0.3 is 9.13 Å². The second-order valence-electron chi connectivity index (χ2n) is 16.4. The van der Waals surface area contributed by atoms with Crippen LogP contribution in [-0.4, -0.2) is 15.3 Å². The molecule has 0 saturated heterocycles. The lowest BCUT2D eigenvalue weighted by Gasteiger charge is -2.21. The van der Waals surface area contributed by atoms with Gasteiger partial charge >= 0.3 is 24.7 Å². The summed E-state index contributed by atoms with van der Waals surface area (Å²) in [4.78, 5) is 0. The van der Waals surface area contributed by atoms with E-state index in [-0.39, 0.29) is 40.8 Å². The zero-order valence-electron chi connectivity index (χ0n) is 36.4. The van der Waals surface area contributed by atoms with Crippen molar-refractivity contribution in [2.24, 2.45) is 0 Å². The van der Waals surface area contributed by atoms with Gasteiger partial charge in [0.05, 0.1) is 73.4 Å². The van der Waals surface area contributed by atoms with E-state index in [1.807, 2.05) is 28.8 Å². The molecule has 0 unspecified atom stereocenters. The van der Waals surface area contributed by atoms with E-state index in [0.717, 1.165) is 17.5 Å². The zero-order chi connectivity index (χ0) is 50.8. The fraction of sp³-hybridized carbons (Fsp3) is 0.0909. The normalized spacial score (nSPS) is 12.3. The van der Waals surface area contributed by atoms with Crippen molar-refractivity contribution in [1.29, 1.82) is 10.5 Å². The highest BCUT2D eigenvalue weighted by Crippen LogP contribution is 2.47. The van der Waals surface area contributed by atoms with Crippen LogP contribution in [0.3, 0.4) is 0 Å². The molecule has 4 nitrogen and oxygen atoms in total. The molecule has 0 spiro atoms. The highest BCUT2D eigenvalue weighted by Gasteiger charge is 2.39. The molecule has 2 aromatic heterocycles. The summed E-state index contributed by atoms with van der Waals surface area (Å²) in [7, 11) is 0. The first-order valence-corrected chi connectivity index (χ1v) is 21.2. The first-order chi connectivity index (χ1) is 33.5. The molecule has 0 bridgehead atoms. The summed E-state index contributed by atoms with van der Waals surface area (Å²) in [5.74, 6) is 0. The Hall–Kier alpha value is -8.50. The number of aromatic nitrogens is 2. The maximum Gasteiger partial charge on any atom is 0.417 e. The van der Waals surface area contributed by atoms with Gasteiger partial charge in [0.2, 0.25) is 0 Å². The van der Waals surface area contributed by atoms with Crippen LogP contribution < -0.4 is 0 Å². The Balaban J connectivity index is 0.00000119. The molecule has 10 aromatic rings. The van der Waals surface area contributed by atoms with Gasteiger partial charge in [0.15, 0.2) is 0 Å². The molecule has 0 N–H and O–H groups in total. The molecule has 8 aromatic carbocycles. The highest BCUT2D eigenvalue weighted by molar-refractivity contribution is 6.13. The molecule has 10 rings (SSSR count). The molecular formula is C55H30F12N4. The molecule has 0 saturated carbocycles. The van der Waals surface area contributed by atoms with Crippen molar-refractivity contribution in [3.8, 4) is 56.9 Å². The summed E-state index contributed by atoms with van der Waals surface area (Å²) >= 11 is 0. The monoisotopic (exact) mass is 974 g/mol. The fourth-order valence-electron chi connectivity index (χ4n) is 9.05. The Morgan fingerprint density at radius 2 is 0.845 bits per heavy atom. The predicted molar refractivity (Wildman–Crippen MR) is 248 cm³/mol. The number of hydrogen-bond acceptors (Lipinski definition) is 2. The van der Waals surface area contributed by atoms with Gasteiger partial charge in [-0.05, 0) is 94.5 Å². The van der Waals surface area contributed by atoms with Crippen molar-refractivity contribution < 1.29 is 52.7 Å². The third-order valence-corrected chi connectivity index (χ3v) is 11.8. The number of hydrogen-bond donors (Lipinski definition) is 0. The van der Waals surface area contributed by atoms with E-state index in [1.54, 1.807) is 89.5 Å². The number of rotatable bonds is 5. The van der Waals surface area contributed by atoms with E-state index in [0.29, 0.717) is 66.8 Å². The van der Waals surface area contributed by atoms with Crippen LogP contribution in [-0.2, 0) is 18.5 Å². The van der Waals surface area contributed by atoms with Crippen LogP contribution in [0.4, 0.5) is 52.7 Å². The molecule has 0 amide bonds. The minimum Gasteiger partial charge on any atom is -0.308 e. The predicted octanol–water partition coefficient (Wildman–Crippen LogP) is 17.3. The minimum absolute atomic E-state index is 0.0358. The molecule has 0 aliphatic rings. The van der Waals surface area contributed by atoms with E-state index >= 15 is 0 Å². The van der Waals surface area contributed by atoms with Gasteiger partial charge in [0, 0.05) is 34.0 Å². The standard InChI is InChI=1S/C53H27F9N4.C2H3F3/c54-51(55,56)35-18-21-37(43(27-35)53(60,61)62)33-17-20-41-39-12-3-6-15-45(39)66(47(41)26-33)49-24-31(29-64)23-48(50(49)34-9-7-8-30(22-34)28-63)65-44-14-5-2-11-38(44)40-19-16-32(25-46(40)65)36-10-1-4-13-42(36)52(57,58)59;1-2(3,4)5/h1-27H;1H3. The van der Waals surface area contributed by atoms with Crippen molar-refractivity contribution in [3.05, 3.63) is 192 Å². The Morgan fingerprint density at radius 1 is 0.380 bits per heavy atom. The van der Waals surface area contributed by atoms with E-state index in [2.05, 4.69) is 12.1 Å². The van der Waals surface area contributed by atoms with Gasteiger partial charge in [-0.15, -0.1) is 0 Å². The lowest BCUT2D eigenvalue weighted by atomic mass is 9.95. The number of benzene rings is 8. The number of nitriles is 2. The molecule has 0 atom stereocenters. The summed E-state index contributed by atoms with van der Waals surface area (Å²) in [5.41, 5.74) is -0.0314. The molecular weight excluding hydrogens is 945 g/mol. The Labute approximate surface area is 395 Å². The molecule has 71 heavy (non-hydrogen) atoms. The van der Waals surface area contributed by atoms with E-state index in [9.17, 15) is 63.2 Å². The summed E-state index contributed by atoms with van der Waals surface area (Å²) in [6.07, 6.45) is -18.9. The largest absolute Gasteiger partial charge is 0.417 e. The summed E-state index contributed by atoms with van der Waals surface area (Å²) in [6, 6.07) is 45.0. The second kappa shape index (κ2) is 17.5. The Morgan fingerprint density at radius 3 is 1.34 bits per heavy atom. The molecule has 0 aliphatic carbocycles. The van der Waals surface area contributed by atoms with Crippen LogP contribution >= 0.6 is 0 Å². The quantitative estimate of drug-likeness (QED) is 0.161. The third-order valence-electron chi connectivity index (χ3n) is 11.8. The topological polar surface area (TPSA) is 57.4 Å². The second-order valence-corrected chi connectivity index (χ2v) is 16.4. The highest BCUT2D eigenvalue weighted by atomic mass is 19.4. The van der Waals surface area contributed by atoms with Crippen LogP contribution in [0.15, 0.2) is 164 Å². The first kappa shape index (κ1) is 47.6. The van der Waals surface area contributed by atoms with Gasteiger partial charge in [0.25, 0.3) is 0 Å². The van der Waals surface area contributed by atoms with Crippen LogP contribution in [0.1, 0.15) is 34.7 Å². The summed E-state index contributed by atoms with van der Waals surface area (Å²) in [6.45, 7) is 0.188. The molecule has 0 radical (unpaired) electrons.